The van der Waals surface area contributed by atoms with Crippen molar-refractivity contribution in [2.45, 2.75) is 6.42 Å². The summed E-state index contributed by atoms with van der Waals surface area (Å²) in [6.45, 7) is 3.79. The molecule has 0 aliphatic heterocycles. The van der Waals surface area contributed by atoms with E-state index in [1.807, 2.05) is 0 Å². The summed E-state index contributed by atoms with van der Waals surface area (Å²) < 4.78 is 30.5. The van der Waals surface area contributed by atoms with Crippen molar-refractivity contribution in [1.82, 2.24) is 0 Å². The summed E-state index contributed by atoms with van der Waals surface area (Å²) in [5, 5.41) is 0. The molecule has 0 atom stereocenters. The number of rotatable bonds is 4. The Hall–Kier alpha value is -1.38. The zero-order valence-electron chi connectivity index (χ0n) is 7.09. The highest BCUT2D eigenvalue weighted by Crippen LogP contribution is 2.18. The molecule has 13 heavy (non-hydrogen) atoms. The van der Waals surface area contributed by atoms with Gasteiger partial charge in [0.05, 0.1) is 6.61 Å². The van der Waals surface area contributed by atoms with E-state index in [1.54, 1.807) is 6.08 Å². The van der Waals surface area contributed by atoms with Gasteiger partial charge < -0.3 is 4.74 Å². The molecule has 1 aromatic rings. The molecule has 0 aliphatic carbocycles. The van der Waals surface area contributed by atoms with Crippen LogP contribution in [0.15, 0.2) is 30.9 Å². The third-order valence-corrected chi connectivity index (χ3v) is 1.50. The van der Waals surface area contributed by atoms with Crippen molar-refractivity contribution in [3.63, 3.8) is 0 Å². The molecule has 0 heterocycles. The van der Waals surface area contributed by atoms with Crippen LogP contribution < -0.4 is 4.74 Å². The molecule has 0 spiro atoms. The van der Waals surface area contributed by atoms with Gasteiger partial charge in [0.1, 0.15) is 0 Å². The second-order valence-electron chi connectivity index (χ2n) is 2.48. The number of halogens is 2. The van der Waals surface area contributed by atoms with Gasteiger partial charge in [0.25, 0.3) is 0 Å². The van der Waals surface area contributed by atoms with Crippen molar-refractivity contribution in [2.75, 3.05) is 6.61 Å². The predicted molar refractivity (Wildman–Crippen MR) is 46.7 cm³/mol. The van der Waals surface area contributed by atoms with E-state index in [1.165, 1.54) is 12.1 Å². The van der Waals surface area contributed by atoms with Crippen LogP contribution in [0.4, 0.5) is 8.78 Å². The van der Waals surface area contributed by atoms with Gasteiger partial charge >= 0.3 is 0 Å². The lowest BCUT2D eigenvalue weighted by atomic mass is 10.3. The molecule has 0 N–H and O–H groups in total. The maximum Gasteiger partial charge on any atom is 0.200 e. The highest BCUT2D eigenvalue weighted by Gasteiger charge is 2.07. The van der Waals surface area contributed by atoms with Crippen LogP contribution in [-0.4, -0.2) is 6.61 Å². The summed E-state index contributed by atoms with van der Waals surface area (Å²) in [6, 6.07) is 3.85. The Labute approximate surface area is 75.6 Å². The Morgan fingerprint density at radius 1 is 1.38 bits per heavy atom. The van der Waals surface area contributed by atoms with Crippen molar-refractivity contribution in [2.24, 2.45) is 0 Å². The lowest BCUT2D eigenvalue weighted by Gasteiger charge is -2.05. The van der Waals surface area contributed by atoms with Gasteiger partial charge in [-0.15, -0.1) is 6.58 Å². The van der Waals surface area contributed by atoms with Gasteiger partial charge in [-0.05, 0) is 18.6 Å². The number of hydrogen-bond donors (Lipinski definition) is 0. The summed E-state index contributed by atoms with van der Waals surface area (Å²) >= 11 is 0. The first-order valence-corrected chi connectivity index (χ1v) is 3.93. The largest absolute Gasteiger partial charge is 0.490 e. The monoisotopic (exact) mass is 184 g/mol. The van der Waals surface area contributed by atoms with Gasteiger partial charge in [-0.3, -0.25) is 0 Å². The Morgan fingerprint density at radius 3 is 2.85 bits per heavy atom. The molecule has 0 bridgehead atoms. The highest BCUT2D eigenvalue weighted by molar-refractivity contribution is 5.24. The van der Waals surface area contributed by atoms with Gasteiger partial charge in [0.2, 0.25) is 5.82 Å². The van der Waals surface area contributed by atoms with E-state index < -0.39 is 11.6 Å². The van der Waals surface area contributed by atoms with Crippen molar-refractivity contribution in [3.05, 3.63) is 42.5 Å². The molecule has 1 nitrogen and oxygen atoms in total. The first-order valence-electron chi connectivity index (χ1n) is 3.93. The van der Waals surface area contributed by atoms with Gasteiger partial charge in [-0.1, -0.05) is 12.1 Å². The summed E-state index contributed by atoms with van der Waals surface area (Å²) in [5.41, 5.74) is 0. The fourth-order valence-corrected chi connectivity index (χ4v) is 0.848. The minimum absolute atomic E-state index is 0.0538. The van der Waals surface area contributed by atoms with E-state index in [0.717, 1.165) is 6.07 Å². The molecule has 0 unspecified atom stereocenters. The third-order valence-electron chi connectivity index (χ3n) is 1.50. The van der Waals surface area contributed by atoms with Crippen molar-refractivity contribution < 1.29 is 13.5 Å². The second-order valence-corrected chi connectivity index (χ2v) is 2.48. The third kappa shape index (κ3) is 2.54. The molecular weight excluding hydrogens is 174 g/mol. The van der Waals surface area contributed by atoms with E-state index in [2.05, 4.69) is 6.58 Å². The molecule has 0 amide bonds. The van der Waals surface area contributed by atoms with E-state index in [-0.39, 0.29) is 5.75 Å². The van der Waals surface area contributed by atoms with Gasteiger partial charge in [-0.25, -0.2) is 4.39 Å². The van der Waals surface area contributed by atoms with E-state index in [0.29, 0.717) is 13.0 Å². The highest BCUT2D eigenvalue weighted by atomic mass is 19.2. The van der Waals surface area contributed by atoms with E-state index in [9.17, 15) is 8.78 Å². The maximum atomic E-state index is 12.9. The van der Waals surface area contributed by atoms with Crippen molar-refractivity contribution in [1.29, 1.82) is 0 Å². The van der Waals surface area contributed by atoms with Crippen LogP contribution in [0, 0.1) is 11.6 Å². The average molecular weight is 184 g/mol. The van der Waals surface area contributed by atoms with Crippen LogP contribution >= 0.6 is 0 Å². The second kappa shape index (κ2) is 4.60. The lowest BCUT2D eigenvalue weighted by molar-refractivity contribution is 0.301. The summed E-state index contributed by atoms with van der Waals surface area (Å²) in [4.78, 5) is 0. The summed E-state index contributed by atoms with van der Waals surface area (Å²) in [6.07, 6.45) is 2.26. The zero-order valence-corrected chi connectivity index (χ0v) is 7.09. The van der Waals surface area contributed by atoms with Crippen LogP contribution in [0.1, 0.15) is 6.42 Å². The van der Waals surface area contributed by atoms with Crippen LogP contribution in [0.5, 0.6) is 5.75 Å². The smallest absolute Gasteiger partial charge is 0.200 e. The van der Waals surface area contributed by atoms with Crippen LogP contribution in [0.2, 0.25) is 0 Å². The van der Waals surface area contributed by atoms with Crippen molar-refractivity contribution >= 4 is 0 Å². The van der Waals surface area contributed by atoms with Crippen LogP contribution in [-0.2, 0) is 0 Å². The fourth-order valence-electron chi connectivity index (χ4n) is 0.848. The van der Waals surface area contributed by atoms with Gasteiger partial charge in [0.15, 0.2) is 11.6 Å². The molecular formula is C10H10F2O. The average Bonchev–Trinajstić information content (AvgIpc) is 2.13. The molecule has 0 saturated heterocycles. The topological polar surface area (TPSA) is 9.23 Å². The van der Waals surface area contributed by atoms with E-state index >= 15 is 0 Å². The SMILES string of the molecule is C=CCCOc1cccc(F)c1F. The molecule has 0 aliphatic rings. The lowest BCUT2D eigenvalue weighted by Crippen LogP contribution is -1.98. The number of ether oxygens (including phenoxy) is 1. The van der Waals surface area contributed by atoms with E-state index in [4.69, 9.17) is 4.74 Å². The maximum absolute atomic E-state index is 12.9. The molecule has 1 aromatic carbocycles. The predicted octanol–water partition coefficient (Wildman–Crippen LogP) is 2.92. The minimum Gasteiger partial charge on any atom is -0.490 e. The van der Waals surface area contributed by atoms with Gasteiger partial charge in [0, 0.05) is 0 Å². The number of benzene rings is 1. The summed E-state index contributed by atoms with van der Waals surface area (Å²) in [5.74, 6) is -1.88. The standard InChI is InChI=1S/C10H10F2O/c1-2-3-7-13-9-6-4-5-8(11)10(9)12/h2,4-6H,1,3,7H2. The van der Waals surface area contributed by atoms with Crippen molar-refractivity contribution in [3.8, 4) is 5.75 Å². The Kier molecular flexibility index (Phi) is 3.43. The van der Waals surface area contributed by atoms with Crippen LogP contribution in [0.3, 0.4) is 0 Å². The Morgan fingerprint density at radius 2 is 2.15 bits per heavy atom. The van der Waals surface area contributed by atoms with Crippen LogP contribution in [0.25, 0.3) is 0 Å². The molecule has 0 radical (unpaired) electrons. The Balaban J connectivity index is 2.65. The first-order chi connectivity index (χ1) is 6.25. The number of hydrogen-bond acceptors (Lipinski definition) is 1. The molecule has 1 rings (SSSR count). The minimum atomic E-state index is -0.938. The Bertz CT molecular complexity index is 297. The van der Waals surface area contributed by atoms with Gasteiger partial charge in [-0.2, -0.15) is 4.39 Å². The summed E-state index contributed by atoms with van der Waals surface area (Å²) in [7, 11) is 0. The normalized spacial score (nSPS) is 9.69. The quantitative estimate of drug-likeness (QED) is 0.516. The molecule has 0 saturated carbocycles. The fraction of sp³-hybridized carbons (Fsp3) is 0.200. The molecule has 0 aromatic heterocycles. The first kappa shape index (κ1) is 9.71. The molecule has 70 valence electrons. The zero-order chi connectivity index (χ0) is 9.68. The molecule has 0 fully saturated rings. The molecule has 3 heteroatoms.